The van der Waals surface area contributed by atoms with Gasteiger partial charge < -0.3 is 19.1 Å². The van der Waals surface area contributed by atoms with Crippen LogP contribution in [-0.4, -0.2) is 60.0 Å². The van der Waals surface area contributed by atoms with Gasteiger partial charge in [0.25, 0.3) is 0 Å². The summed E-state index contributed by atoms with van der Waals surface area (Å²) >= 11 is 0. The van der Waals surface area contributed by atoms with Crippen LogP contribution in [0.4, 0.5) is 19.0 Å². The van der Waals surface area contributed by atoms with Crippen molar-refractivity contribution in [2.45, 2.75) is 44.0 Å². The first-order valence-corrected chi connectivity index (χ1v) is 12.5. The lowest BCUT2D eigenvalue weighted by atomic mass is 10.2. The third-order valence-corrected chi connectivity index (χ3v) is 6.23. The molecule has 1 aromatic carbocycles. The van der Waals surface area contributed by atoms with E-state index in [0.29, 0.717) is 30.6 Å². The summed E-state index contributed by atoms with van der Waals surface area (Å²) in [7, 11) is -1.10. The Labute approximate surface area is 204 Å². The van der Waals surface area contributed by atoms with Crippen molar-refractivity contribution in [1.29, 1.82) is 0 Å². The van der Waals surface area contributed by atoms with E-state index >= 15 is 0 Å². The SMILES string of the molecule is COCCCOc1ccc(CNS(=O)(=O)c2ccc(C(F)(F)F)nc2N(C)CCOC(C)C)cc1. The fourth-order valence-electron chi connectivity index (χ4n) is 2.96. The van der Waals surface area contributed by atoms with Crippen molar-refractivity contribution in [2.24, 2.45) is 0 Å². The molecule has 0 saturated carbocycles. The smallest absolute Gasteiger partial charge is 0.433 e. The van der Waals surface area contributed by atoms with E-state index in [1.165, 1.54) is 11.9 Å². The molecule has 1 aromatic heterocycles. The molecule has 12 heteroatoms. The maximum Gasteiger partial charge on any atom is 0.433 e. The number of hydrogen-bond acceptors (Lipinski definition) is 7. The lowest BCUT2D eigenvalue weighted by Crippen LogP contribution is -2.30. The number of hydrogen-bond donors (Lipinski definition) is 1. The summed E-state index contributed by atoms with van der Waals surface area (Å²) in [5, 5.41) is 0. The average Bonchev–Trinajstić information content (AvgIpc) is 2.80. The van der Waals surface area contributed by atoms with Crippen molar-refractivity contribution >= 4 is 15.8 Å². The molecule has 0 unspecified atom stereocenters. The number of pyridine rings is 1. The van der Waals surface area contributed by atoms with E-state index in [-0.39, 0.29) is 36.5 Å². The molecule has 0 aliphatic carbocycles. The number of ether oxygens (including phenoxy) is 3. The number of halogens is 3. The molecule has 2 aromatic rings. The second-order valence-corrected chi connectivity index (χ2v) is 9.76. The molecular formula is C23H32F3N3O5S. The number of nitrogens with zero attached hydrogens (tertiary/aromatic N) is 2. The van der Waals surface area contributed by atoms with Crippen LogP contribution < -0.4 is 14.4 Å². The quantitative estimate of drug-likeness (QED) is 0.379. The summed E-state index contributed by atoms with van der Waals surface area (Å²) in [6, 6.07) is 8.41. The predicted molar refractivity (Wildman–Crippen MR) is 126 cm³/mol. The predicted octanol–water partition coefficient (Wildman–Crippen LogP) is 3.86. The van der Waals surface area contributed by atoms with Crippen LogP contribution in [0.3, 0.4) is 0 Å². The lowest BCUT2D eigenvalue weighted by Gasteiger charge is -2.23. The molecular weight excluding hydrogens is 487 g/mol. The molecule has 196 valence electrons. The molecule has 0 aliphatic rings. The molecule has 0 bridgehead atoms. The minimum atomic E-state index is -4.72. The second-order valence-electron chi connectivity index (χ2n) is 8.02. The highest BCUT2D eigenvalue weighted by Gasteiger charge is 2.35. The molecule has 1 heterocycles. The lowest BCUT2D eigenvalue weighted by molar-refractivity contribution is -0.141. The number of methoxy groups -OCH3 is 1. The number of rotatable bonds is 14. The first-order valence-electron chi connectivity index (χ1n) is 11.1. The van der Waals surface area contributed by atoms with Crippen molar-refractivity contribution in [3.63, 3.8) is 0 Å². The molecule has 0 atom stereocenters. The van der Waals surface area contributed by atoms with E-state index < -0.39 is 21.9 Å². The Morgan fingerprint density at radius 2 is 1.74 bits per heavy atom. The van der Waals surface area contributed by atoms with Gasteiger partial charge in [-0.2, -0.15) is 13.2 Å². The van der Waals surface area contributed by atoms with Gasteiger partial charge in [0, 0.05) is 40.3 Å². The fourth-order valence-corrected chi connectivity index (χ4v) is 4.16. The minimum Gasteiger partial charge on any atom is -0.494 e. The van der Waals surface area contributed by atoms with Crippen LogP contribution in [0.1, 0.15) is 31.5 Å². The highest BCUT2D eigenvalue weighted by molar-refractivity contribution is 7.89. The monoisotopic (exact) mass is 519 g/mol. The van der Waals surface area contributed by atoms with E-state index in [1.54, 1.807) is 31.4 Å². The number of aromatic nitrogens is 1. The normalized spacial score (nSPS) is 12.2. The van der Waals surface area contributed by atoms with Gasteiger partial charge in [0.05, 0.1) is 19.3 Å². The Hall–Kier alpha value is -2.41. The molecule has 0 fully saturated rings. The van der Waals surface area contributed by atoms with Gasteiger partial charge in [-0.15, -0.1) is 0 Å². The number of nitrogens with one attached hydrogen (secondary N) is 1. The van der Waals surface area contributed by atoms with Gasteiger partial charge in [0.1, 0.15) is 22.2 Å². The molecule has 0 saturated heterocycles. The molecule has 0 spiro atoms. The number of sulfonamides is 1. The second kappa shape index (κ2) is 13.1. The first kappa shape index (κ1) is 28.8. The zero-order chi connectivity index (χ0) is 26.1. The molecule has 0 amide bonds. The Morgan fingerprint density at radius 3 is 2.34 bits per heavy atom. The summed E-state index contributed by atoms with van der Waals surface area (Å²) in [5.41, 5.74) is -0.526. The van der Waals surface area contributed by atoms with Crippen molar-refractivity contribution < 1.29 is 35.8 Å². The maximum absolute atomic E-state index is 13.2. The number of benzene rings is 1. The highest BCUT2D eigenvalue weighted by atomic mass is 32.2. The Balaban J connectivity index is 2.16. The van der Waals surface area contributed by atoms with E-state index in [9.17, 15) is 21.6 Å². The average molecular weight is 520 g/mol. The zero-order valence-electron chi connectivity index (χ0n) is 20.3. The number of likely N-dealkylation sites (N-methyl/N-ethyl adjacent to an activating group) is 1. The summed E-state index contributed by atoms with van der Waals surface area (Å²) in [6.45, 7) is 5.00. The Bertz CT molecular complexity index is 1030. The van der Waals surface area contributed by atoms with Crippen molar-refractivity contribution in [3.8, 4) is 5.75 Å². The minimum absolute atomic E-state index is 0.0626. The summed E-state index contributed by atoms with van der Waals surface area (Å²) < 4.78 is 84.2. The molecule has 0 aliphatic heterocycles. The number of alkyl halides is 3. The fraction of sp³-hybridized carbons (Fsp3) is 0.522. The van der Waals surface area contributed by atoms with Crippen LogP contribution >= 0.6 is 0 Å². The first-order chi connectivity index (χ1) is 16.4. The van der Waals surface area contributed by atoms with E-state index in [1.807, 2.05) is 13.8 Å². The molecule has 8 nitrogen and oxygen atoms in total. The van der Waals surface area contributed by atoms with E-state index in [4.69, 9.17) is 14.2 Å². The van der Waals surface area contributed by atoms with Gasteiger partial charge >= 0.3 is 6.18 Å². The van der Waals surface area contributed by atoms with Gasteiger partial charge in [0.15, 0.2) is 0 Å². The van der Waals surface area contributed by atoms with Gasteiger partial charge in [-0.3, -0.25) is 0 Å². The summed E-state index contributed by atoms with van der Waals surface area (Å²) in [5.74, 6) is 0.326. The molecule has 2 rings (SSSR count). The van der Waals surface area contributed by atoms with Gasteiger partial charge in [0.2, 0.25) is 10.0 Å². The van der Waals surface area contributed by atoms with Crippen LogP contribution in [0.15, 0.2) is 41.3 Å². The van der Waals surface area contributed by atoms with Crippen LogP contribution in [-0.2, 0) is 32.2 Å². The van der Waals surface area contributed by atoms with Crippen LogP contribution in [0.2, 0.25) is 0 Å². The van der Waals surface area contributed by atoms with Gasteiger partial charge in [-0.05, 0) is 43.7 Å². The van der Waals surface area contributed by atoms with Gasteiger partial charge in [-0.25, -0.2) is 18.1 Å². The summed E-state index contributed by atoms with van der Waals surface area (Å²) in [4.78, 5) is 4.60. The third kappa shape index (κ3) is 9.28. The molecule has 1 N–H and O–H groups in total. The standard InChI is InChI=1S/C23H32F3N3O5S/c1-17(2)33-15-12-29(3)22-20(10-11-21(28-22)23(24,25)26)35(30,31)27-16-18-6-8-19(9-7-18)34-14-5-13-32-4/h6-11,17,27H,5,12-16H2,1-4H3. The van der Waals surface area contributed by atoms with Crippen molar-refractivity contribution in [3.05, 3.63) is 47.7 Å². The topological polar surface area (TPSA) is 90.0 Å². The Kier molecular flexibility index (Phi) is 10.7. The molecule has 0 radical (unpaired) electrons. The van der Waals surface area contributed by atoms with Crippen molar-refractivity contribution in [2.75, 3.05) is 45.4 Å². The van der Waals surface area contributed by atoms with Crippen LogP contribution in [0, 0.1) is 0 Å². The zero-order valence-corrected chi connectivity index (χ0v) is 21.1. The van der Waals surface area contributed by atoms with Gasteiger partial charge in [-0.1, -0.05) is 12.1 Å². The van der Waals surface area contributed by atoms with E-state index in [2.05, 4.69) is 9.71 Å². The third-order valence-electron chi connectivity index (χ3n) is 4.81. The van der Waals surface area contributed by atoms with Crippen LogP contribution in [0.5, 0.6) is 5.75 Å². The van der Waals surface area contributed by atoms with Crippen LogP contribution in [0.25, 0.3) is 0 Å². The molecule has 35 heavy (non-hydrogen) atoms. The highest BCUT2D eigenvalue weighted by Crippen LogP contribution is 2.32. The van der Waals surface area contributed by atoms with E-state index in [0.717, 1.165) is 12.5 Å². The number of anilines is 1. The maximum atomic E-state index is 13.2. The largest absolute Gasteiger partial charge is 0.494 e. The summed E-state index contributed by atoms with van der Waals surface area (Å²) in [6.07, 6.45) is -4.06. The van der Waals surface area contributed by atoms with Crippen molar-refractivity contribution in [1.82, 2.24) is 9.71 Å². The Morgan fingerprint density at radius 1 is 1.06 bits per heavy atom.